The van der Waals surface area contributed by atoms with Crippen LogP contribution in [-0.4, -0.2) is 85.0 Å². The van der Waals surface area contributed by atoms with Crippen molar-refractivity contribution in [3.63, 3.8) is 0 Å². The zero-order chi connectivity index (χ0) is 22.4. The summed E-state index contributed by atoms with van der Waals surface area (Å²) in [4.78, 5) is 22.9. The SMILES string of the molecule is O=C(CN1CCCC2=C[C@H]3C[C@@H](CN4CCCC[C@H]34)[C@@H]21)N1CCN(c2ccc(F)cc2)CC1. The predicted molar refractivity (Wildman–Crippen MR) is 129 cm³/mol. The number of halogens is 1. The molecule has 0 spiro atoms. The maximum absolute atomic E-state index is 13.3. The van der Waals surface area contributed by atoms with E-state index in [4.69, 9.17) is 0 Å². The second-order valence-electron chi connectivity index (χ2n) is 10.8. The maximum Gasteiger partial charge on any atom is 0.236 e. The molecule has 0 saturated carbocycles. The third-order valence-corrected chi connectivity index (χ3v) is 8.92. The largest absolute Gasteiger partial charge is 0.368 e. The van der Waals surface area contributed by atoms with Crippen LogP contribution in [0.2, 0.25) is 0 Å². The van der Waals surface area contributed by atoms with Gasteiger partial charge in [-0.05, 0) is 81.3 Å². The standard InChI is InChI=1S/C27H37FN4O/c28-23-6-8-24(9-7-23)29-12-14-30(15-13-29)26(33)19-32-11-3-4-20-16-21-17-22(27(20)32)18-31-10-2-1-5-25(21)31/h6-9,16,21-22,25,27H,1-5,10-15,17-19H2/t21-,22-,25+,27+/m0/s1. The summed E-state index contributed by atoms with van der Waals surface area (Å²) < 4.78 is 13.2. The lowest BCUT2D eigenvalue weighted by Gasteiger charge is -2.54. The number of likely N-dealkylation sites (tertiary alicyclic amines) is 1. The van der Waals surface area contributed by atoms with Gasteiger partial charge in [0.2, 0.25) is 5.91 Å². The highest BCUT2D eigenvalue weighted by molar-refractivity contribution is 5.78. The number of fused-ring (bicyclic) bond motifs is 6. The van der Waals surface area contributed by atoms with E-state index in [1.54, 1.807) is 5.57 Å². The van der Waals surface area contributed by atoms with Gasteiger partial charge in [-0.15, -0.1) is 0 Å². The van der Waals surface area contributed by atoms with E-state index >= 15 is 0 Å². The van der Waals surface area contributed by atoms with Crippen LogP contribution >= 0.6 is 0 Å². The Hall–Kier alpha value is -1.92. The maximum atomic E-state index is 13.3. The summed E-state index contributed by atoms with van der Waals surface area (Å²) in [5.41, 5.74) is 2.68. The van der Waals surface area contributed by atoms with Crippen molar-refractivity contribution in [3.05, 3.63) is 41.7 Å². The summed E-state index contributed by atoms with van der Waals surface area (Å²) in [5.74, 6) is 1.51. The molecule has 1 aromatic carbocycles. The molecule has 0 aromatic heterocycles. The molecule has 4 fully saturated rings. The predicted octanol–water partition coefficient (Wildman–Crippen LogP) is 3.37. The van der Waals surface area contributed by atoms with Gasteiger partial charge in [0.1, 0.15) is 5.82 Å². The molecule has 6 rings (SSSR count). The van der Waals surface area contributed by atoms with Gasteiger partial charge >= 0.3 is 0 Å². The number of rotatable bonds is 3. The van der Waals surface area contributed by atoms with E-state index in [0.29, 0.717) is 18.5 Å². The van der Waals surface area contributed by atoms with Gasteiger partial charge in [-0.1, -0.05) is 18.1 Å². The third-order valence-electron chi connectivity index (χ3n) is 8.92. The van der Waals surface area contributed by atoms with Crippen molar-refractivity contribution in [2.24, 2.45) is 11.8 Å². The first-order valence-electron chi connectivity index (χ1n) is 13.1. The van der Waals surface area contributed by atoms with Crippen LogP contribution in [0, 0.1) is 17.7 Å². The van der Waals surface area contributed by atoms with Crippen LogP contribution in [0.5, 0.6) is 0 Å². The van der Waals surface area contributed by atoms with Gasteiger partial charge in [0.25, 0.3) is 0 Å². The molecule has 4 atom stereocenters. The monoisotopic (exact) mass is 452 g/mol. The Morgan fingerprint density at radius 3 is 2.61 bits per heavy atom. The van der Waals surface area contributed by atoms with Crippen LogP contribution in [0.3, 0.4) is 0 Å². The average molecular weight is 453 g/mol. The van der Waals surface area contributed by atoms with Crippen LogP contribution in [-0.2, 0) is 4.79 Å². The van der Waals surface area contributed by atoms with Gasteiger partial charge in [0, 0.05) is 50.5 Å². The van der Waals surface area contributed by atoms with Gasteiger partial charge in [-0.2, -0.15) is 0 Å². The molecule has 178 valence electrons. The fraction of sp³-hybridized carbons (Fsp3) is 0.667. The molecule has 4 heterocycles. The number of nitrogens with zero attached hydrogens (tertiary/aromatic N) is 4. The lowest BCUT2D eigenvalue weighted by atomic mass is 9.68. The number of hydrogen-bond donors (Lipinski definition) is 0. The molecule has 0 N–H and O–H groups in total. The Morgan fingerprint density at radius 1 is 0.970 bits per heavy atom. The first-order chi connectivity index (χ1) is 16.2. The summed E-state index contributed by atoms with van der Waals surface area (Å²) in [6, 6.07) is 7.95. The summed E-state index contributed by atoms with van der Waals surface area (Å²) in [6.45, 7) is 7.22. The zero-order valence-electron chi connectivity index (χ0n) is 19.7. The van der Waals surface area contributed by atoms with Crippen LogP contribution in [0.15, 0.2) is 35.9 Å². The summed E-state index contributed by atoms with van der Waals surface area (Å²) in [6.07, 6.45) is 10.5. The Bertz CT molecular complexity index is 894. The smallest absolute Gasteiger partial charge is 0.236 e. The van der Waals surface area contributed by atoms with E-state index in [1.807, 2.05) is 17.0 Å². The van der Waals surface area contributed by atoms with Gasteiger partial charge in [0.05, 0.1) is 6.54 Å². The number of amides is 1. The first-order valence-corrected chi connectivity index (χ1v) is 13.1. The minimum atomic E-state index is -0.203. The summed E-state index contributed by atoms with van der Waals surface area (Å²) in [7, 11) is 0. The summed E-state index contributed by atoms with van der Waals surface area (Å²) >= 11 is 0. The Balaban J connectivity index is 1.10. The molecule has 0 radical (unpaired) electrons. The number of anilines is 1. The van der Waals surface area contributed by atoms with Crippen LogP contribution in [0.25, 0.3) is 0 Å². The van der Waals surface area contributed by atoms with Crippen LogP contribution in [0.1, 0.15) is 38.5 Å². The fourth-order valence-electron chi connectivity index (χ4n) is 7.40. The molecular formula is C27H37FN4O. The zero-order valence-corrected chi connectivity index (χ0v) is 19.7. The van der Waals surface area contributed by atoms with Crippen molar-refractivity contribution < 1.29 is 9.18 Å². The average Bonchev–Trinajstić information content (AvgIpc) is 2.85. The van der Waals surface area contributed by atoms with Crippen molar-refractivity contribution in [1.82, 2.24) is 14.7 Å². The van der Waals surface area contributed by atoms with Crippen molar-refractivity contribution in [2.75, 3.05) is 57.3 Å². The number of hydrogen-bond acceptors (Lipinski definition) is 4. The number of piperazine rings is 1. The molecule has 0 unspecified atom stereocenters. The molecule has 1 aliphatic carbocycles. The number of carbonyl (C=O) groups excluding carboxylic acids is 1. The van der Waals surface area contributed by atoms with Crippen LogP contribution in [0.4, 0.5) is 10.1 Å². The van der Waals surface area contributed by atoms with E-state index in [2.05, 4.69) is 20.8 Å². The highest BCUT2D eigenvalue weighted by atomic mass is 19.1. The lowest BCUT2D eigenvalue weighted by Crippen LogP contribution is -2.60. The van der Waals surface area contributed by atoms with Gasteiger partial charge in [-0.3, -0.25) is 14.6 Å². The Labute approximate surface area is 197 Å². The summed E-state index contributed by atoms with van der Waals surface area (Å²) in [5, 5.41) is 0. The lowest BCUT2D eigenvalue weighted by molar-refractivity contribution is -0.134. The molecule has 5 nitrogen and oxygen atoms in total. The second kappa shape index (κ2) is 9.03. The quantitative estimate of drug-likeness (QED) is 0.658. The number of piperidine rings is 3. The minimum Gasteiger partial charge on any atom is -0.368 e. The van der Waals surface area contributed by atoms with E-state index < -0.39 is 0 Å². The van der Waals surface area contributed by atoms with Crippen LogP contribution < -0.4 is 4.90 Å². The van der Waals surface area contributed by atoms with Crippen molar-refractivity contribution >= 4 is 11.6 Å². The molecular weight excluding hydrogens is 415 g/mol. The van der Waals surface area contributed by atoms with E-state index in [1.165, 1.54) is 63.7 Å². The normalized spacial score (nSPS) is 32.7. The molecule has 1 aromatic rings. The Kier molecular flexibility index (Phi) is 5.91. The molecule has 33 heavy (non-hydrogen) atoms. The number of carbonyl (C=O) groups is 1. The van der Waals surface area contributed by atoms with Gasteiger partial charge in [0.15, 0.2) is 0 Å². The van der Waals surface area contributed by atoms with Crippen molar-refractivity contribution in [3.8, 4) is 0 Å². The molecule has 5 aliphatic rings. The molecule has 2 bridgehead atoms. The highest BCUT2D eigenvalue weighted by Crippen LogP contribution is 2.44. The first kappa shape index (κ1) is 21.6. The molecule has 4 saturated heterocycles. The fourth-order valence-corrected chi connectivity index (χ4v) is 7.40. The van der Waals surface area contributed by atoms with Gasteiger partial charge < -0.3 is 9.80 Å². The van der Waals surface area contributed by atoms with E-state index in [0.717, 1.165) is 50.4 Å². The molecule has 1 amide bonds. The van der Waals surface area contributed by atoms with E-state index in [9.17, 15) is 9.18 Å². The topological polar surface area (TPSA) is 30.0 Å². The molecule has 6 heteroatoms. The van der Waals surface area contributed by atoms with Crippen molar-refractivity contribution in [1.29, 1.82) is 0 Å². The highest BCUT2D eigenvalue weighted by Gasteiger charge is 2.46. The number of benzene rings is 1. The Morgan fingerprint density at radius 2 is 1.79 bits per heavy atom. The molecule has 4 aliphatic heterocycles. The second-order valence-corrected chi connectivity index (χ2v) is 10.8. The van der Waals surface area contributed by atoms with E-state index in [-0.39, 0.29) is 11.7 Å². The van der Waals surface area contributed by atoms with Crippen molar-refractivity contribution in [2.45, 2.75) is 50.6 Å². The third kappa shape index (κ3) is 4.21. The van der Waals surface area contributed by atoms with Gasteiger partial charge in [-0.25, -0.2) is 4.39 Å². The minimum absolute atomic E-state index is 0.203.